The average molecular weight is 326 g/mol. The molecule has 1 aliphatic heterocycles. The van der Waals surface area contributed by atoms with Crippen molar-refractivity contribution in [3.05, 3.63) is 59.9 Å². The summed E-state index contributed by atoms with van der Waals surface area (Å²) in [6, 6.07) is 14.0. The highest BCUT2D eigenvalue weighted by Crippen LogP contribution is 2.24. The van der Waals surface area contributed by atoms with Crippen LogP contribution in [0.4, 0.5) is 15.8 Å². The van der Waals surface area contributed by atoms with Gasteiger partial charge in [-0.25, -0.2) is 4.39 Å². The predicted octanol–water partition coefficient (Wildman–Crippen LogP) is 4.24. The van der Waals surface area contributed by atoms with Crippen molar-refractivity contribution in [3.8, 4) is 0 Å². The molecule has 0 bridgehead atoms. The first-order valence-corrected chi connectivity index (χ1v) is 8.49. The Morgan fingerprint density at radius 1 is 1.17 bits per heavy atom. The molecule has 3 rings (SSSR count). The van der Waals surface area contributed by atoms with E-state index in [-0.39, 0.29) is 18.1 Å². The van der Waals surface area contributed by atoms with Crippen molar-refractivity contribution in [3.63, 3.8) is 0 Å². The van der Waals surface area contributed by atoms with Crippen LogP contribution in [0.2, 0.25) is 0 Å². The summed E-state index contributed by atoms with van der Waals surface area (Å²) in [7, 11) is 0. The lowest BCUT2D eigenvalue weighted by Crippen LogP contribution is -2.34. The summed E-state index contributed by atoms with van der Waals surface area (Å²) < 4.78 is 12.9. The molecule has 1 atom stereocenters. The minimum absolute atomic E-state index is 0.0963. The van der Waals surface area contributed by atoms with Crippen molar-refractivity contribution in [1.29, 1.82) is 0 Å². The molecule has 0 saturated carbocycles. The zero-order valence-electron chi connectivity index (χ0n) is 14.0. The van der Waals surface area contributed by atoms with Crippen LogP contribution >= 0.6 is 0 Å². The van der Waals surface area contributed by atoms with E-state index in [0.29, 0.717) is 0 Å². The van der Waals surface area contributed by atoms with Gasteiger partial charge < -0.3 is 10.2 Å². The number of hydrogen-bond donors (Lipinski definition) is 1. The van der Waals surface area contributed by atoms with Gasteiger partial charge in [0.2, 0.25) is 5.91 Å². The number of rotatable bonds is 4. The maximum absolute atomic E-state index is 12.9. The molecule has 2 aromatic rings. The largest absolute Gasteiger partial charge is 0.371 e. The standard InChI is InChI=1S/C20H23FN2O/c1-15-3-2-12-23(14-15)19-10-8-18(9-11-19)22-20(24)13-16-4-6-17(21)7-5-16/h4-11,15H,2-3,12-14H2,1H3,(H,22,24). The zero-order valence-corrected chi connectivity index (χ0v) is 14.0. The number of anilines is 2. The number of carbonyl (C=O) groups excluding carboxylic acids is 1. The average Bonchev–Trinajstić information content (AvgIpc) is 2.58. The number of nitrogens with zero attached hydrogens (tertiary/aromatic N) is 1. The van der Waals surface area contributed by atoms with E-state index < -0.39 is 0 Å². The second-order valence-corrected chi connectivity index (χ2v) is 6.59. The second kappa shape index (κ2) is 7.47. The van der Waals surface area contributed by atoms with E-state index in [9.17, 15) is 9.18 Å². The van der Waals surface area contributed by atoms with Gasteiger partial charge in [0.1, 0.15) is 5.82 Å². The van der Waals surface area contributed by atoms with Gasteiger partial charge in [0.25, 0.3) is 0 Å². The Labute approximate surface area is 142 Å². The van der Waals surface area contributed by atoms with E-state index in [0.717, 1.165) is 30.3 Å². The van der Waals surface area contributed by atoms with Crippen molar-refractivity contribution in [2.24, 2.45) is 5.92 Å². The van der Waals surface area contributed by atoms with Crippen LogP contribution in [-0.4, -0.2) is 19.0 Å². The van der Waals surface area contributed by atoms with Gasteiger partial charge in [-0.1, -0.05) is 19.1 Å². The Bertz CT molecular complexity index is 682. The minimum atomic E-state index is -0.290. The first kappa shape index (κ1) is 16.5. The number of nitrogens with one attached hydrogen (secondary N) is 1. The molecule has 24 heavy (non-hydrogen) atoms. The third-order valence-electron chi connectivity index (χ3n) is 4.45. The lowest BCUT2D eigenvalue weighted by Gasteiger charge is -2.32. The lowest BCUT2D eigenvalue weighted by atomic mass is 10.00. The van der Waals surface area contributed by atoms with E-state index in [2.05, 4.69) is 29.3 Å². The molecule has 0 spiro atoms. The Morgan fingerprint density at radius 2 is 1.88 bits per heavy atom. The molecule has 0 aliphatic carbocycles. The van der Waals surface area contributed by atoms with Crippen molar-refractivity contribution < 1.29 is 9.18 Å². The van der Waals surface area contributed by atoms with E-state index >= 15 is 0 Å². The molecular formula is C20H23FN2O. The molecule has 3 nitrogen and oxygen atoms in total. The second-order valence-electron chi connectivity index (χ2n) is 6.59. The van der Waals surface area contributed by atoms with Gasteiger partial charge in [0.15, 0.2) is 0 Å². The highest BCUT2D eigenvalue weighted by atomic mass is 19.1. The molecule has 1 unspecified atom stereocenters. The maximum Gasteiger partial charge on any atom is 0.228 e. The van der Waals surface area contributed by atoms with Gasteiger partial charge in [0.05, 0.1) is 6.42 Å². The highest BCUT2D eigenvalue weighted by molar-refractivity contribution is 5.92. The summed E-state index contributed by atoms with van der Waals surface area (Å²) in [4.78, 5) is 14.5. The monoisotopic (exact) mass is 326 g/mol. The molecule has 1 amide bonds. The van der Waals surface area contributed by atoms with Gasteiger partial charge in [-0.05, 0) is 60.7 Å². The van der Waals surface area contributed by atoms with Crippen molar-refractivity contribution >= 4 is 17.3 Å². The summed E-state index contributed by atoms with van der Waals surface area (Å²) in [6.45, 7) is 4.48. The molecule has 0 aromatic heterocycles. The van der Waals surface area contributed by atoms with Crippen molar-refractivity contribution in [2.45, 2.75) is 26.2 Å². The Balaban J connectivity index is 1.57. The van der Waals surface area contributed by atoms with Crippen LogP contribution in [0.15, 0.2) is 48.5 Å². The molecule has 2 aromatic carbocycles. The Morgan fingerprint density at radius 3 is 2.54 bits per heavy atom. The zero-order chi connectivity index (χ0) is 16.9. The fraction of sp³-hybridized carbons (Fsp3) is 0.350. The normalized spacial score (nSPS) is 17.6. The van der Waals surface area contributed by atoms with Crippen LogP contribution in [0, 0.1) is 11.7 Å². The summed E-state index contributed by atoms with van der Waals surface area (Å²) >= 11 is 0. The van der Waals surface area contributed by atoms with Crippen LogP contribution in [-0.2, 0) is 11.2 Å². The molecule has 1 saturated heterocycles. The molecule has 1 fully saturated rings. The molecule has 0 radical (unpaired) electrons. The van der Waals surface area contributed by atoms with Gasteiger partial charge in [-0.2, -0.15) is 0 Å². The van der Waals surface area contributed by atoms with E-state index in [1.165, 1.54) is 30.7 Å². The fourth-order valence-electron chi connectivity index (χ4n) is 3.17. The van der Waals surface area contributed by atoms with Crippen molar-refractivity contribution in [2.75, 3.05) is 23.3 Å². The quantitative estimate of drug-likeness (QED) is 0.911. The summed E-state index contributed by atoms with van der Waals surface area (Å²) in [5.74, 6) is 0.344. The Hall–Kier alpha value is -2.36. The van der Waals surface area contributed by atoms with Crippen LogP contribution in [0.1, 0.15) is 25.3 Å². The molecule has 1 N–H and O–H groups in total. The molecule has 1 heterocycles. The van der Waals surface area contributed by atoms with E-state index in [4.69, 9.17) is 0 Å². The minimum Gasteiger partial charge on any atom is -0.371 e. The molecule has 126 valence electrons. The summed E-state index contributed by atoms with van der Waals surface area (Å²) in [5, 5.41) is 2.89. The lowest BCUT2D eigenvalue weighted by molar-refractivity contribution is -0.115. The smallest absolute Gasteiger partial charge is 0.228 e. The number of hydrogen-bond acceptors (Lipinski definition) is 2. The summed E-state index contributed by atoms with van der Waals surface area (Å²) in [6.07, 6.45) is 2.77. The van der Waals surface area contributed by atoms with Gasteiger partial charge >= 0.3 is 0 Å². The van der Waals surface area contributed by atoms with Gasteiger partial charge in [0, 0.05) is 24.5 Å². The SMILES string of the molecule is CC1CCCN(c2ccc(NC(=O)Cc3ccc(F)cc3)cc2)C1. The third kappa shape index (κ3) is 4.34. The topological polar surface area (TPSA) is 32.3 Å². The number of benzene rings is 2. The third-order valence-corrected chi connectivity index (χ3v) is 4.45. The highest BCUT2D eigenvalue weighted by Gasteiger charge is 2.16. The van der Waals surface area contributed by atoms with E-state index in [1.807, 2.05) is 12.1 Å². The van der Waals surface area contributed by atoms with Crippen LogP contribution < -0.4 is 10.2 Å². The van der Waals surface area contributed by atoms with Crippen LogP contribution in [0.25, 0.3) is 0 Å². The number of halogens is 1. The number of carbonyl (C=O) groups is 1. The van der Waals surface area contributed by atoms with Crippen molar-refractivity contribution in [1.82, 2.24) is 0 Å². The first-order chi connectivity index (χ1) is 11.6. The van der Waals surface area contributed by atoms with Crippen LogP contribution in [0.5, 0.6) is 0 Å². The first-order valence-electron chi connectivity index (χ1n) is 8.49. The number of amides is 1. The molecule has 4 heteroatoms. The van der Waals surface area contributed by atoms with Gasteiger partial charge in [-0.15, -0.1) is 0 Å². The predicted molar refractivity (Wildman–Crippen MR) is 95.8 cm³/mol. The number of piperidine rings is 1. The van der Waals surface area contributed by atoms with Gasteiger partial charge in [-0.3, -0.25) is 4.79 Å². The maximum atomic E-state index is 12.9. The molecular weight excluding hydrogens is 303 g/mol. The van der Waals surface area contributed by atoms with Crippen LogP contribution in [0.3, 0.4) is 0 Å². The summed E-state index contributed by atoms with van der Waals surface area (Å²) in [5.41, 5.74) is 2.79. The Kier molecular flexibility index (Phi) is 5.14. The fourth-order valence-corrected chi connectivity index (χ4v) is 3.17. The van der Waals surface area contributed by atoms with E-state index in [1.54, 1.807) is 12.1 Å². The molecule has 1 aliphatic rings.